The van der Waals surface area contributed by atoms with Crippen molar-refractivity contribution >= 4 is 55.1 Å². The van der Waals surface area contributed by atoms with E-state index in [1.165, 1.54) is 10.9 Å². The summed E-state index contributed by atoms with van der Waals surface area (Å²) in [6.07, 6.45) is 6.25. The van der Waals surface area contributed by atoms with Crippen LogP contribution in [0.15, 0.2) is 94.2 Å². The van der Waals surface area contributed by atoms with E-state index in [0.29, 0.717) is 0 Å². The minimum atomic E-state index is 0.0694. The van der Waals surface area contributed by atoms with E-state index in [9.17, 15) is 4.79 Å². The van der Waals surface area contributed by atoms with Crippen LogP contribution in [0.1, 0.15) is 17.7 Å². The van der Waals surface area contributed by atoms with E-state index in [1.807, 2.05) is 34.7 Å². The quantitative estimate of drug-likeness (QED) is 0.248. The van der Waals surface area contributed by atoms with Crippen molar-refractivity contribution in [3.8, 4) is 11.1 Å². The largest absolute Gasteiger partial charge is 0.456 e. The van der Waals surface area contributed by atoms with Gasteiger partial charge in [0, 0.05) is 26.9 Å². The number of pyridine rings is 1. The van der Waals surface area contributed by atoms with Crippen LogP contribution in [0.2, 0.25) is 0 Å². The van der Waals surface area contributed by atoms with Crippen molar-refractivity contribution in [1.82, 2.24) is 4.40 Å². The summed E-state index contributed by atoms with van der Waals surface area (Å²) in [7, 11) is 0. The van der Waals surface area contributed by atoms with E-state index >= 15 is 0 Å². The molecule has 0 fully saturated rings. The number of rotatable bonds is 1. The molecule has 0 amide bonds. The van der Waals surface area contributed by atoms with Gasteiger partial charge in [-0.3, -0.25) is 9.20 Å². The molecule has 7 aromatic rings. The molecule has 1 aliphatic carbocycles. The second-order valence-electron chi connectivity index (χ2n) is 9.22. The number of allylic oxidation sites excluding steroid dienone is 1. The fraction of sp³-hybridized carbons (Fsp3) is 0.0645. The van der Waals surface area contributed by atoms with Crippen LogP contribution in [-0.2, 0) is 6.42 Å². The van der Waals surface area contributed by atoms with E-state index in [0.717, 1.165) is 73.3 Å². The smallest absolute Gasteiger partial charge is 0.263 e. The number of hydrogen-bond donors (Lipinski definition) is 0. The van der Waals surface area contributed by atoms with Gasteiger partial charge in [0.25, 0.3) is 5.56 Å². The predicted octanol–water partition coefficient (Wildman–Crippen LogP) is 7.57. The summed E-state index contributed by atoms with van der Waals surface area (Å²) in [6.45, 7) is 0. The van der Waals surface area contributed by atoms with Gasteiger partial charge in [0.1, 0.15) is 11.2 Å². The van der Waals surface area contributed by atoms with Gasteiger partial charge >= 0.3 is 0 Å². The van der Waals surface area contributed by atoms with E-state index in [1.54, 1.807) is 0 Å². The number of furan rings is 1. The van der Waals surface area contributed by atoms with Gasteiger partial charge in [0.05, 0.1) is 11.2 Å². The summed E-state index contributed by atoms with van der Waals surface area (Å²) in [4.78, 5) is 13.5. The van der Waals surface area contributed by atoms with Crippen molar-refractivity contribution in [2.45, 2.75) is 12.8 Å². The maximum atomic E-state index is 13.5. The van der Waals surface area contributed by atoms with Crippen LogP contribution < -0.4 is 5.56 Å². The third-order valence-corrected chi connectivity index (χ3v) is 7.41. The average Bonchev–Trinajstić information content (AvgIpc) is 3.43. The summed E-state index contributed by atoms with van der Waals surface area (Å²) in [5.41, 5.74) is 7.54. The molecule has 0 saturated carbocycles. The summed E-state index contributed by atoms with van der Waals surface area (Å²) >= 11 is 0. The standard InChI is InChI=1S/C31H19NO2/c33-31-23-10-2-1-7-20(23)25-16-19(17-26-21-8-3-5-11-27(21)32(31)30(25)26)18-13-14-29-24(15-18)22-9-4-6-12-28(22)34-29/h1-2,4-7,9-17H,3,8H2. The molecule has 0 unspecified atom stereocenters. The highest BCUT2D eigenvalue weighted by Crippen LogP contribution is 2.40. The first-order chi connectivity index (χ1) is 16.8. The van der Waals surface area contributed by atoms with Gasteiger partial charge in [-0.15, -0.1) is 0 Å². The number of para-hydroxylation sites is 1. The van der Waals surface area contributed by atoms with Crippen LogP contribution in [0.3, 0.4) is 0 Å². The van der Waals surface area contributed by atoms with Gasteiger partial charge in [0.2, 0.25) is 0 Å². The molecule has 34 heavy (non-hydrogen) atoms. The zero-order chi connectivity index (χ0) is 22.4. The lowest BCUT2D eigenvalue weighted by molar-refractivity contribution is 0.669. The minimum Gasteiger partial charge on any atom is -0.456 e. The third kappa shape index (κ3) is 2.24. The van der Waals surface area contributed by atoms with Crippen molar-refractivity contribution in [2.75, 3.05) is 0 Å². The van der Waals surface area contributed by atoms with Crippen LogP contribution in [0, 0.1) is 0 Å². The number of aromatic nitrogens is 1. The predicted molar refractivity (Wildman–Crippen MR) is 140 cm³/mol. The highest BCUT2D eigenvalue weighted by Gasteiger charge is 2.22. The SMILES string of the molecule is O=c1c2ccccc2c2cc(-c3ccc4oc5ccccc5c4c3)cc3c4c(n1c32)C=CCC4. The minimum absolute atomic E-state index is 0.0694. The molecule has 3 aromatic heterocycles. The van der Waals surface area contributed by atoms with Crippen molar-refractivity contribution in [3.05, 3.63) is 107 Å². The Morgan fingerprint density at radius 2 is 1.41 bits per heavy atom. The fourth-order valence-corrected chi connectivity index (χ4v) is 5.87. The molecule has 3 nitrogen and oxygen atoms in total. The molecule has 0 aliphatic heterocycles. The first kappa shape index (κ1) is 18.1. The number of aryl methyl sites for hydroxylation is 1. The van der Waals surface area contributed by atoms with Gasteiger partial charge in [-0.1, -0.05) is 48.5 Å². The molecule has 4 aromatic carbocycles. The summed E-state index contributed by atoms with van der Waals surface area (Å²) in [6, 6.07) is 27.2. The second kappa shape index (κ2) is 6.36. The van der Waals surface area contributed by atoms with Gasteiger partial charge < -0.3 is 4.42 Å². The number of hydrogen-bond acceptors (Lipinski definition) is 2. The molecule has 3 heterocycles. The average molecular weight is 437 g/mol. The monoisotopic (exact) mass is 437 g/mol. The Kier molecular flexibility index (Phi) is 3.39. The first-order valence-electron chi connectivity index (χ1n) is 11.7. The normalized spacial score (nSPS) is 13.6. The highest BCUT2D eigenvalue weighted by molar-refractivity contribution is 6.15. The number of benzene rings is 4. The van der Waals surface area contributed by atoms with Crippen molar-refractivity contribution in [2.24, 2.45) is 0 Å². The summed E-state index contributed by atoms with van der Waals surface area (Å²) in [5.74, 6) is 0. The van der Waals surface area contributed by atoms with E-state index < -0.39 is 0 Å². The Balaban J connectivity index is 1.53. The van der Waals surface area contributed by atoms with Gasteiger partial charge in [-0.25, -0.2) is 0 Å². The number of fused-ring (bicyclic) bond motifs is 8. The van der Waals surface area contributed by atoms with Gasteiger partial charge in [-0.05, 0) is 77.4 Å². The Labute approximate surface area is 194 Å². The molecular formula is C31H19NO2. The molecule has 8 rings (SSSR count). The zero-order valence-electron chi connectivity index (χ0n) is 18.3. The molecule has 0 bridgehead atoms. The second-order valence-corrected chi connectivity index (χ2v) is 9.22. The topological polar surface area (TPSA) is 34.6 Å². The van der Waals surface area contributed by atoms with Crippen LogP contribution >= 0.6 is 0 Å². The maximum absolute atomic E-state index is 13.5. The first-order valence-corrected chi connectivity index (χ1v) is 11.7. The van der Waals surface area contributed by atoms with Gasteiger partial charge in [0.15, 0.2) is 0 Å². The molecule has 1 aliphatic rings. The van der Waals surface area contributed by atoms with Crippen molar-refractivity contribution < 1.29 is 4.42 Å². The Morgan fingerprint density at radius 1 is 0.676 bits per heavy atom. The zero-order valence-corrected chi connectivity index (χ0v) is 18.3. The lowest BCUT2D eigenvalue weighted by atomic mass is 9.94. The Hall–Kier alpha value is -4.37. The molecule has 0 radical (unpaired) electrons. The van der Waals surface area contributed by atoms with E-state index in [4.69, 9.17) is 4.42 Å². The highest BCUT2D eigenvalue weighted by atomic mass is 16.3. The molecule has 0 N–H and O–H groups in total. The maximum Gasteiger partial charge on any atom is 0.263 e. The van der Waals surface area contributed by atoms with Crippen molar-refractivity contribution in [1.29, 1.82) is 0 Å². The third-order valence-electron chi connectivity index (χ3n) is 7.41. The van der Waals surface area contributed by atoms with Crippen LogP contribution in [0.25, 0.3) is 66.2 Å². The Morgan fingerprint density at radius 3 is 2.32 bits per heavy atom. The number of nitrogens with zero attached hydrogens (tertiary/aromatic N) is 1. The van der Waals surface area contributed by atoms with Crippen LogP contribution in [0.5, 0.6) is 0 Å². The van der Waals surface area contributed by atoms with E-state index in [2.05, 4.69) is 60.7 Å². The Bertz CT molecular complexity index is 2040. The van der Waals surface area contributed by atoms with Gasteiger partial charge in [-0.2, -0.15) is 0 Å². The van der Waals surface area contributed by atoms with Crippen LogP contribution in [0.4, 0.5) is 0 Å². The summed E-state index contributed by atoms with van der Waals surface area (Å²) < 4.78 is 7.99. The molecule has 0 spiro atoms. The fourth-order valence-electron chi connectivity index (χ4n) is 5.87. The lowest BCUT2D eigenvalue weighted by Gasteiger charge is -2.10. The van der Waals surface area contributed by atoms with E-state index in [-0.39, 0.29) is 5.56 Å². The lowest BCUT2D eigenvalue weighted by Crippen LogP contribution is -2.14. The van der Waals surface area contributed by atoms with Crippen LogP contribution in [-0.4, -0.2) is 4.40 Å². The molecule has 0 atom stereocenters. The molecule has 0 saturated heterocycles. The molecular weight excluding hydrogens is 418 g/mol. The summed E-state index contributed by atoms with van der Waals surface area (Å²) in [5, 5.41) is 6.35. The molecule has 160 valence electrons. The molecule has 3 heteroatoms. The van der Waals surface area contributed by atoms with Crippen molar-refractivity contribution in [3.63, 3.8) is 0 Å².